The first-order valence-electron chi connectivity index (χ1n) is 25.6. The minimum absolute atomic E-state index is 0.110. The van der Waals surface area contributed by atoms with Crippen molar-refractivity contribution in [3.05, 3.63) is 236 Å². The normalized spacial score (nSPS) is 13.1. The summed E-state index contributed by atoms with van der Waals surface area (Å²) in [5.41, 5.74) is 11.6. The van der Waals surface area contributed by atoms with Crippen LogP contribution in [-0.4, -0.2) is 9.13 Å². The Morgan fingerprint density at radius 3 is 1.77 bits per heavy atom. The van der Waals surface area contributed by atoms with Crippen LogP contribution in [0, 0.1) is 0 Å². The molecule has 4 aromatic heterocycles. The molecule has 0 aliphatic rings. The number of fused-ring (bicyclic) bond motifs is 14. The summed E-state index contributed by atoms with van der Waals surface area (Å²) in [5, 5.41) is 10.7. The summed E-state index contributed by atoms with van der Waals surface area (Å²) in [7, 11) is 0. The summed E-state index contributed by atoms with van der Waals surface area (Å²) in [4.78, 5) is 2.33. The molecule has 0 N–H and O–H groups in total. The van der Waals surface area contributed by atoms with Gasteiger partial charge in [-0.05, 0) is 143 Å². The van der Waals surface area contributed by atoms with Crippen LogP contribution in [0.25, 0.3) is 119 Å². The third-order valence-corrected chi connectivity index (χ3v) is 15.1. The smallest absolute Gasteiger partial charge is 0.136 e. The maximum Gasteiger partial charge on any atom is 0.136 e. The van der Waals surface area contributed by atoms with Gasteiger partial charge in [-0.25, -0.2) is 0 Å². The van der Waals surface area contributed by atoms with E-state index in [2.05, 4.69) is 179 Å². The molecule has 0 fully saturated rings. The molecule has 11 aromatic carbocycles. The minimum Gasteiger partial charge on any atom is -0.456 e. The van der Waals surface area contributed by atoms with Gasteiger partial charge in [0.25, 0.3) is 0 Å². The second kappa shape index (κ2) is 14.8. The van der Waals surface area contributed by atoms with E-state index in [9.17, 15) is 0 Å². The molecule has 0 radical (unpaired) electrons. The van der Waals surface area contributed by atoms with Gasteiger partial charge in [0.05, 0.1) is 28.9 Å². The van der Waals surface area contributed by atoms with E-state index in [0.29, 0.717) is 0 Å². The lowest BCUT2D eigenvalue weighted by Crippen LogP contribution is -2.10. The van der Waals surface area contributed by atoms with Crippen molar-refractivity contribution in [2.45, 2.75) is 0 Å². The molecule has 15 aromatic rings. The van der Waals surface area contributed by atoms with Crippen molar-refractivity contribution in [1.29, 1.82) is 0 Å². The molecule has 0 saturated carbocycles. The number of anilines is 3. The standard InChI is InChI=1S/C64H39N3OS/c1-2-12-43(13-3-1)67-58-33-24-41(36-53(58)54-39-52-42(37-59(54)67)25-34-61-64(52)51-17-6-10-20-60(51)68-61)40-22-26-44(27-23-40)65(47-32-35-63-55(38-47)50-16-7-11-21-62(50)69-63)45-28-30-46(31-29-45)66-56-18-8-4-14-48(56)49-15-5-9-19-57(49)66/h1-39H/i1D,2D,3D,12D,13D. The zero-order valence-electron chi connectivity index (χ0n) is 41.8. The Kier molecular flexibility index (Phi) is 7.20. The lowest BCUT2D eigenvalue weighted by molar-refractivity contribution is 0.669. The molecule has 5 heteroatoms. The van der Waals surface area contributed by atoms with E-state index in [1.165, 1.54) is 30.9 Å². The molecule has 0 amide bonds. The third kappa shape index (κ3) is 5.81. The van der Waals surface area contributed by atoms with Crippen molar-refractivity contribution < 1.29 is 11.3 Å². The van der Waals surface area contributed by atoms with Gasteiger partial charge in [0, 0.05) is 80.9 Å². The van der Waals surface area contributed by atoms with Gasteiger partial charge in [0.2, 0.25) is 0 Å². The second-order valence-corrected chi connectivity index (χ2v) is 18.8. The first kappa shape index (κ1) is 33.6. The maximum absolute atomic E-state index is 9.12. The molecule has 0 bridgehead atoms. The molecular weight excluding hydrogens is 859 g/mol. The highest BCUT2D eigenvalue weighted by atomic mass is 32.1. The monoisotopic (exact) mass is 902 g/mol. The molecule has 4 nitrogen and oxygen atoms in total. The Labute approximate surface area is 407 Å². The number of nitrogens with zero attached hydrogens (tertiary/aromatic N) is 3. The average Bonchev–Trinajstić information content (AvgIpc) is 4.20. The topological polar surface area (TPSA) is 26.2 Å². The zero-order valence-corrected chi connectivity index (χ0v) is 37.6. The van der Waals surface area contributed by atoms with Crippen LogP contribution >= 0.6 is 11.3 Å². The Bertz CT molecular complexity index is 4770. The average molecular weight is 903 g/mol. The van der Waals surface area contributed by atoms with Gasteiger partial charge in [-0.1, -0.05) is 115 Å². The van der Waals surface area contributed by atoms with E-state index in [4.69, 9.17) is 11.3 Å². The molecule has 0 spiro atoms. The lowest BCUT2D eigenvalue weighted by Gasteiger charge is -2.26. The van der Waals surface area contributed by atoms with Crippen LogP contribution in [0.5, 0.6) is 0 Å². The Hall–Kier alpha value is -8.90. The summed E-state index contributed by atoms with van der Waals surface area (Å²) in [5.74, 6) is 0. The van der Waals surface area contributed by atoms with Crippen molar-refractivity contribution in [2.24, 2.45) is 0 Å². The van der Waals surface area contributed by atoms with Crippen LogP contribution in [0.15, 0.2) is 241 Å². The van der Waals surface area contributed by atoms with Crippen LogP contribution in [0.1, 0.15) is 6.85 Å². The van der Waals surface area contributed by atoms with Crippen LogP contribution in [-0.2, 0) is 0 Å². The summed E-state index contributed by atoms with van der Waals surface area (Å²) in [6.07, 6.45) is 0. The molecule has 0 aliphatic carbocycles. The van der Waals surface area contributed by atoms with E-state index in [1.54, 1.807) is 0 Å². The number of hydrogen-bond acceptors (Lipinski definition) is 3. The highest BCUT2D eigenvalue weighted by molar-refractivity contribution is 7.25. The lowest BCUT2D eigenvalue weighted by atomic mass is 9.99. The Balaban J connectivity index is 0.896. The van der Waals surface area contributed by atoms with Crippen LogP contribution in [0.2, 0.25) is 0 Å². The predicted octanol–water partition coefficient (Wildman–Crippen LogP) is 18.4. The minimum atomic E-state index is -0.426. The fraction of sp³-hybridized carbons (Fsp3) is 0. The number of benzene rings is 11. The molecule has 0 saturated heterocycles. The fourth-order valence-electron chi connectivity index (χ4n) is 10.9. The number of para-hydroxylation sites is 4. The number of thiophene rings is 1. The van der Waals surface area contributed by atoms with Crippen LogP contribution in [0.4, 0.5) is 17.1 Å². The quantitative estimate of drug-likeness (QED) is 0.166. The Morgan fingerprint density at radius 2 is 0.986 bits per heavy atom. The number of aromatic nitrogens is 2. The molecule has 322 valence electrons. The van der Waals surface area contributed by atoms with Gasteiger partial charge >= 0.3 is 0 Å². The van der Waals surface area contributed by atoms with E-state index >= 15 is 0 Å². The molecule has 0 unspecified atom stereocenters. The Morgan fingerprint density at radius 1 is 0.377 bits per heavy atom. The van der Waals surface area contributed by atoms with Gasteiger partial charge in [-0.3, -0.25) is 0 Å². The van der Waals surface area contributed by atoms with Gasteiger partial charge in [0.15, 0.2) is 0 Å². The van der Waals surface area contributed by atoms with E-state index in [0.717, 1.165) is 99.4 Å². The zero-order chi connectivity index (χ0) is 49.5. The first-order valence-corrected chi connectivity index (χ1v) is 23.9. The van der Waals surface area contributed by atoms with Gasteiger partial charge < -0.3 is 18.5 Å². The maximum atomic E-state index is 9.12. The van der Waals surface area contributed by atoms with Crippen LogP contribution < -0.4 is 4.90 Å². The number of hydrogen-bond donors (Lipinski definition) is 0. The number of furan rings is 1. The van der Waals surface area contributed by atoms with Crippen molar-refractivity contribution >= 4 is 125 Å². The fourth-order valence-corrected chi connectivity index (χ4v) is 12.0. The largest absolute Gasteiger partial charge is 0.456 e. The predicted molar refractivity (Wildman–Crippen MR) is 293 cm³/mol. The first-order chi connectivity index (χ1) is 36.3. The highest BCUT2D eigenvalue weighted by Gasteiger charge is 2.20. The summed E-state index contributed by atoms with van der Waals surface area (Å²) in [6.45, 7) is 0. The van der Waals surface area contributed by atoms with E-state index in [1.807, 2.05) is 52.3 Å². The van der Waals surface area contributed by atoms with E-state index < -0.39 is 6.04 Å². The second-order valence-electron chi connectivity index (χ2n) is 17.7. The highest BCUT2D eigenvalue weighted by Crippen LogP contribution is 2.44. The molecule has 69 heavy (non-hydrogen) atoms. The molecule has 4 heterocycles. The summed E-state index contributed by atoms with van der Waals surface area (Å²) in [6, 6.07) is 70.9. The summed E-state index contributed by atoms with van der Waals surface area (Å²) < 4.78 is 57.0. The number of rotatable bonds is 6. The van der Waals surface area contributed by atoms with Crippen molar-refractivity contribution in [2.75, 3.05) is 4.90 Å². The molecule has 15 rings (SSSR count). The van der Waals surface area contributed by atoms with Crippen molar-refractivity contribution in [3.8, 4) is 22.5 Å². The third-order valence-electron chi connectivity index (χ3n) is 14.0. The molecule has 0 atom stereocenters. The summed E-state index contributed by atoms with van der Waals surface area (Å²) >= 11 is 1.81. The van der Waals surface area contributed by atoms with E-state index in [-0.39, 0.29) is 29.9 Å². The SMILES string of the molecule is [2H]c1c([2H])c([2H])c(-n2c3ccc(-c4ccc(N(c5ccc(-n6c7ccccc7c7ccccc76)cc5)c5ccc6sc7ccccc7c6c5)cc4)cc3c3cc4c(ccc5oc6ccccc6c54)cc32)c([2H])c1[2H]. The molecular formula is C64H39N3OS. The van der Waals surface area contributed by atoms with Crippen LogP contribution in [0.3, 0.4) is 0 Å². The van der Waals surface area contributed by atoms with Crippen molar-refractivity contribution in [1.82, 2.24) is 9.13 Å². The van der Waals surface area contributed by atoms with Crippen molar-refractivity contribution in [3.63, 3.8) is 0 Å². The van der Waals surface area contributed by atoms with Gasteiger partial charge in [0.1, 0.15) is 11.2 Å². The molecule has 0 aliphatic heterocycles. The van der Waals surface area contributed by atoms with Gasteiger partial charge in [-0.2, -0.15) is 0 Å². The van der Waals surface area contributed by atoms with Gasteiger partial charge in [-0.15, -0.1) is 11.3 Å².